The number of aliphatic hydroxyl groups excluding tert-OH is 1. The van der Waals surface area contributed by atoms with Crippen molar-refractivity contribution in [2.45, 2.75) is 18.9 Å². The van der Waals surface area contributed by atoms with Crippen molar-refractivity contribution in [2.24, 2.45) is 0 Å². The maximum atomic E-state index is 10.5. The minimum absolute atomic E-state index is 0.166. The second-order valence-electron chi connectivity index (χ2n) is 5.08. The van der Waals surface area contributed by atoms with Gasteiger partial charge in [0.2, 0.25) is 0 Å². The number of benzene rings is 2. The number of hydrogen-bond donors (Lipinski definition) is 3. The van der Waals surface area contributed by atoms with Gasteiger partial charge in [0.15, 0.2) is 0 Å². The smallest absolute Gasteiger partial charge is 0.131 e. The second-order valence-corrected chi connectivity index (χ2v) is 5.08. The van der Waals surface area contributed by atoms with E-state index < -0.39 is 6.10 Å². The van der Waals surface area contributed by atoms with Gasteiger partial charge in [-0.05, 0) is 36.8 Å². The SMILES string of the molecule is Cc1c(O)ccc2c1OC[C@@H](c1ccc(O)cc1)[C@H]2O. The van der Waals surface area contributed by atoms with Crippen molar-refractivity contribution >= 4 is 0 Å². The van der Waals surface area contributed by atoms with Crippen molar-refractivity contribution in [3.05, 3.63) is 53.1 Å². The highest BCUT2D eigenvalue weighted by Crippen LogP contribution is 2.44. The Kier molecular flexibility index (Phi) is 3.03. The monoisotopic (exact) mass is 272 g/mol. The molecule has 3 rings (SSSR count). The zero-order chi connectivity index (χ0) is 14.3. The molecule has 104 valence electrons. The Morgan fingerprint density at radius 3 is 2.45 bits per heavy atom. The van der Waals surface area contributed by atoms with E-state index in [-0.39, 0.29) is 17.4 Å². The lowest BCUT2D eigenvalue weighted by Gasteiger charge is -2.31. The number of phenols is 2. The number of aliphatic hydroxyl groups is 1. The fourth-order valence-electron chi connectivity index (χ4n) is 2.61. The van der Waals surface area contributed by atoms with Crippen LogP contribution in [0.5, 0.6) is 17.2 Å². The number of rotatable bonds is 1. The largest absolute Gasteiger partial charge is 0.508 e. The summed E-state index contributed by atoms with van der Waals surface area (Å²) in [5, 5.41) is 29.5. The van der Waals surface area contributed by atoms with E-state index in [1.54, 1.807) is 43.3 Å². The van der Waals surface area contributed by atoms with Crippen LogP contribution in [0.15, 0.2) is 36.4 Å². The van der Waals surface area contributed by atoms with Crippen LogP contribution >= 0.6 is 0 Å². The fourth-order valence-corrected chi connectivity index (χ4v) is 2.61. The van der Waals surface area contributed by atoms with E-state index in [0.717, 1.165) is 5.56 Å². The summed E-state index contributed by atoms with van der Waals surface area (Å²) < 4.78 is 5.72. The topological polar surface area (TPSA) is 69.9 Å². The van der Waals surface area contributed by atoms with Gasteiger partial charge in [0.05, 0.1) is 12.7 Å². The fraction of sp³-hybridized carbons (Fsp3) is 0.250. The van der Waals surface area contributed by atoms with E-state index in [9.17, 15) is 15.3 Å². The Balaban J connectivity index is 1.99. The Hall–Kier alpha value is -2.20. The van der Waals surface area contributed by atoms with Crippen LogP contribution in [0.25, 0.3) is 0 Å². The molecular weight excluding hydrogens is 256 g/mol. The normalized spacial score (nSPS) is 21.1. The third kappa shape index (κ3) is 1.98. The second kappa shape index (κ2) is 4.72. The predicted molar refractivity (Wildman–Crippen MR) is 74.1 cm³/mol. The highest BCUT2D eigenvalue weighted by Gasteiger charge is 2.32. The molecule has 1 heterocycles. The summed E-state index contributed by atoms with van der Waals surface area (Å²) in [6.07, 6.45) is -0.692. The van der Waals surface area contributed by atoms with Crippen molar-refractivity contribution in [1.29, 1.82) is 0 Å². The van der Waals surface area contributed by atoms with Crippen molar-refractivity contribution in [1.82, 2.24) is 0 Å². The molecular formula is C16H16O4. The molecule has 0 saturated heterocycles. The molecule has 20 heavy (non-hydrogen) atoms. The summed E-state index contributed by atoms with van der Waals surface area (Å²) in [5.41, 5.74) is 2.24. The van der Waals surface area contributed by atoms with E-state index >= 15 is 0 Å². The van der Waals surface area contributed by atoms with E-state index in [0.29, 0.717) is 23.5 Å². The van der Waals surface area contributed by atoms with Crippen molar-refractivity contribution in [3.8, 4) is 17.2 Å². The number of hydrogen-bond acceptors (Lipinski definition) is 4. The molecule has 2 aromatic rings. The van der Waals surface area contributed by atoms with E-state index in [2.05, 4.69) is 0 Å². The molecule has 3 N–H and O–H groups in total. The molecule has 0 bridgehead atoms. The maximum absolute atomic E-state index is 10.5. The zero-order valence-corrected chi connectivity index (χ0v) is 11.1. The first-order chi connectivity index (χ1) is 9.58. The zero-order valence-electron chi connectivity index (χ0n) is 11.1. The maximum Gasteiger partial charge on any atom is 0.131 e. The lowest BCUT2D eigenvalue weighted by Crippen LogP contribution is -2.24. The summed E-state index contributed by atoms with van der Waals surface area (Å²) in [7, 11) is 0. The number of fused-ring (bicyclic) bond motifs is 1. The molecule has 0 saturated carbocycles. The van der Waals surface area contributed by atoms with Gasteiger partial charge in [-0.25, -0.2) is 0 Å². The van der Waals surface area contributed by atoms with Crippen LogP contribution < -0.4 is 4.74 Å². The van der Waals surface area contributed by atoms with Gasteiger partial charge in [-0.3, -0.25) is 0 Å². The summed E-state index contributed by atoms with van der Waals surface area (Å²) in [6.45, 7) is 2.10. The summed E-state index contributed by atoms with van der Waals surface area (Å²) >= 11 is 0. The Morgan fingerprint density at radius 1 is 1.05 bits per heavy atom. The first kappa shape index (κ1) is 12.8. The number of aromatic hydroxyl groups is 2. The summed E-state index contributed by atoms with van der Waals surface area (Å²) in [4.78, 5) is 0. The van der Waals surface area contributed by atoms with Gasteiger partial charge in [-0.1, -0.05) is 12.1 Å². The minimum Gasteiger partial charge on any atom is -0.508 e. The Bertz CT molecular complexity index is 634. The van der Waals surface area contributed by atoms with Crippen LogP contribution in [-0.4, -0.2) is 21.9 Å². The summed E-state index contributed by atoms with van der Waals surface area (Å²) in [5.74, 6) is 0.736. The van der Waals surface area contributed by atoms with Crippen LogP contribution in [0.2, 0.25) is 0 Å². The molecule has 1 aliphatic rings. The van der Waals surface area contributed by atoms with E-state index in [1.807, 2.05) is 0 Å². The molecule has 4 nitrogen and oxygen atoms in total. The standard InChI is InChI=1S/C16H16O4/c1-9-14(18)7-6-12-15(19)13(8-20-16(9)12)10-2-4-11(17)5-3-10/h2-7,13,15,17-19H,8H2,1H3/t13-,15-/m0/s1. The number of phenolic OH excluding ortho intramolecular Hbond substituents is 2. The minimum atomic E-state index is -0.692. The van der Waals surface area contributed by atoms with Crippen LogP contribution in [0.3, 0.4) is 0 Å². The van der Waals surface area contributed by atoms with Gasteiger partial charge in [0.25, 0.3) is 0 Å². The molecule has 2 aromatic carbocycles. The highest BCUT2D eigenvalue weighted by molar-refractivity contribution is 5.51. The lowest BCUT2D eigenvalue weighted by atomic mass is 9.86. The van der Waals surface area contributed by atoms with Gasteiger partial charge in [0, 0.05) is 17.0 Å². The average Bonchev–Trinajstić information content (AvgIpc) is 2.45. The molecule has 0 aliphatic carbocycles. The lowest BCUT2D eigenvalue weighted by molar-refractivity contribution is 0.0881. The molecule has 4 heteroatoms. The van der Waals surface area contributed by atoms with Crippen molar-refractivity contribution < 1.29 is 20.1 Å². The van der Waals surface area contributed by atoms with E-state index in [4.69, 9.17) is 4.74 Å². The predicted octanol–water partition coefficient (Wildman–Crippen LogP) is 2.62. The molecule has 1 aliphatic heterocycles. The third-order valence-corrected chi connectivity index (χ3v) is 3.84. The highest BCUT2D eigenvalue weighted by atomic mass is 16.5. The average molecular weight is 272 g/mol. The molecule has 0 unspecified atom stereocenters. The third-order valence-electron chi connectivity index (χ3n) is 3.84. The van der Waals surface area contributed by atoms with Crippen LogP contribution in [-0.2, 0) is 0 Å². The molecule has 2 atom stereocenters. The number of ether oxygens (including phenoxy) is 1. The quantitative estimate of drug-likeness (QED) is 0.746. The molecule has 0 fully saturated rings. The first-order valence-corrected chi connectivity index (χ1v) is 6.50. The summed E-state index contributed by atoms with van der Waals surface area (Å²) in [6, 6.07) is 10.0. The molecule has 0 spiro atoms. The molecule has 0 aromatic heterocycles. The van der Waals surface area contributed by atoms with Gasteiger partial charge < -0.3 is 20.1 Å². The van der Waals surface area contributed by atoms with Gasteiger partial charge in [-0.15, -0.1) is 0 Å². The van der Waals surface area contributed by atoms with Crippen LogP contribution in [0.1, 0.15) is 28.7 Å². The first-order valence-electron chi connectivity index (χ1n) is 6.50. The van der Waals surface area contributed by atoms with Gasteiger partial charge in [0.1, 0.15) is 17.2 Å². The van der Waals surface area contributed by atoms with Gasteiger partial charge >= 0.3 is 0 Å². The Morgan fingerprint density at radius 2 is 1.75 bits per heavy atom. The van der Waals surface area contributed by atoms with Crippen molar-refractivity contribution in [3.63, 3.8) is 0 Å². The van der Waals surface area contributed by atoms with Crippen molar-refractivity contribution in [2.75, 3.05) is 6.61 Å². The molecule has 0 amide bonds. The van der Waals surface area contributed by atoms with Crippen LogP contribution in [0.4, 0.5) is 0 Å². The molecule has 0 radical (unpaired) electrons. The van der Waals surface area contributed by atoms with Crippen LogP contribution in [0, 0.1) is 6.92 Å². The van der Waals surface area contributed by atoms with Gasteiger partial charge in [-0.2, -0.15) is 0 Å². The Labute approximate surface area is 116 Å². The van der Waals surface area contributed by atoms with E-state index in [1.165, 1.54) is 0 Å².